The Morgan fingerprint density at radius 3 is 1.10 bits per heavy atom. The molecule has 14 rings (SSSR count). The number of carbonyl (C=O) groups is 6. The van der Waals surface area contributed by atoms with Crippen molar-refractivity contribution in [1.82, 2.24) is 28.4 Å². The lowest BCUT2D eigenvalue weighted by atomic mass is 10.0. The Hall–Kier alpha value is -11.8. The minimum absolute atomic E-state index is 0.0132. The van der Waals surface area contributed by atoms with E-state index in [1.807, 2.05) is 168 Å². The zero-order valence-corrected chi connectivity index (χ0v) is 60.7. The molecule has 6 aromatic heterocycles. The highest BCUT2D eigenvalue weighted by atomic mass is 32.1. The van der Waals surface area contributed by atoms with Crippen LogP contribution >= 0.6 is 11.3 Å². The van der Waals surface area contributed by atoms with Crippen LogP contribution in [0.2, 0.25) is 0 Å². The van der Waals surface area contributed by atoms with E-state index >= 15 is 0 Å². The second-order valence-corrected chi connectivity index (χ2v) is 26.7. The molecule has 23 nitrogen and oxygen atoms in total. The van der Waals surface area contributed by atoms with Crippen LogP contribution in [0, 0.1) is 20.8 Å². The van der Waals surface area contributed by atoms with E-state index in [9.17, 15) is 43.2 Å². The van der Waals surface area contributed by atoms with Gasteiger partial charge in [0.2, 0.25) is 0 Å². The van der Waals surface area contributed by atoms with Crippen LogP contribution in [0.25, 0.3) is 32.7 Å². The summed E-state index contributed by atoms with van der Waals surface area (Å²) in [6, 6.07) is 47.5. The van der Waals surface area contributed by atoms with E-state index in [2.05, 4.69) is 4.90 Å². The van der Waals surface area contributed by atoms with Gasteiger partial charge in [-0.25, -0.2) is 14.4 Å². The number of hydrogen-bond donors (Lipinski definition) is 0. The number of aromatic nitrogens is 3. The Balaban J connectivity index is 0.000000149. The highest BCUT2D eigenvalue weighted by molar-refractivity contribution is 7.12. The molecule has 9 heterocycles. The number of rotatable bonds is 16. The summed E-state index contributed by atoms with van der Waals surface area (Å²) in [5, 5.41) is 4.35. The van der Waals surface area contributed by atoms with Gasteiger partial charge in [0.15, 0.2) is 11.5 Å². The van der Waals surface area contributed by atoms with Crippen LogP contribution in [0.5, 0.6) is 0 Å². The maximum atomic E-state index is 14.0. The zero-order chi connectivity index (χ0) is 74.0. The molecule has 5 aromatic carbocycles. The lowest BCUT2D eigenvalue weighted by Crippen LogP contribution is -2.49. The summed E-state index contributed by atoms with van der Waals surface area (Å²) in [6.07, 6.45) is 2.96. The van der Waals surface area contributed by atoms with E-state index in [1.165, 1.54) is 28.4 Å². The molecule has 3 aliphatic rings. The molecule has 105 heavy (non-hydrogen) atoms. The van der Waals surface area contributed by atoms with Crippen molar-refractivity contribution in [3.8, 4) is 0 Å². The number of thiophene rings is 1. The first kappa shape index (κ1) is 73.0. The van der Waals surface area contributed by atoms with Crippen molar-refractivity contribution in [3.05, 3.63) is 262 Å². The molecular formula is C81H83N9O14S. The second kappa shape index (κ2) is 32.7. The topological polar surface area (TPSA) is 242 Å². The first-order valence-corrected chi connectivity index (χ1v) is 36.1. The molecule has 3 amide bonds. The van der Waals surface area contributed by atoms with Crippen LogP contribution in [0.1, 0.15) is 110 Å². The molecule has 0 spiro atoms. The lowest BCUT2D eigenvalue weighted by molar-refractivity contribution is 0.0514. The third kappa shape index (κ3) is 15.6. The number of piperazine rings is 3. The number of nitrogens with zero attached hydrogens (tertiary/aromatic N) is 9. The fourth-order valence-corrected chi connectivity index (χ4v) is 14.5. The number of carbonyl (C=O) groups excluding carboxylic acids is 6. The molecule has 0 unspecified atom stereocenters. The van der Waals surface area contributed by atoms with Crippen molar-refractivity contribution in [2.75, 3.05) is 113 Å². The smallest absolute Gasteiger partial charge is 0.345 e. The largest absolute Gasteiger partial charge is 0.462 e. The molecule has 0 bridgehead atoms. The number of fused-ring (bicyclic) bond motifs is 3. The van der Waals surface area contributed by atoms with E-state index in [-0.39, 0.29) is 70.9 Å². The first-order valence-electron chi connectivity index (χ1n) is 35.2. The van der Waals surface area contributed by atoms with Gasteiger partial charge in [0.05, 0.1) is 83.9 Å². The number of hydrogen-bond acceptors (Lipinski definition) is 18. The highest BCUT2D eigenvalue weighted by Crippen LogP contribution is 2.36. The number of pyridine rings is 3. The van der Waals surface area contributed by atoms with E-state index in [0.717, 1.165) is 60.5 Å². The molecule has 24 heteroatoms. The van der Waals surface area contributed by atoms with Crippen LogP contribution in [0.15, 0.2) is 193 Å². The molecule has 0 atom stereocenters. The minimum Gasteiger partial charge on any atom is -0.462 e. The number of ether oxygens (including phenoxy) is 3. The van der Waals surface area contributed by atoms with Crippen molar-refractivity contribution in [2.24, 2.45) is 7.05 Å². The van der Waals surface area contributed by atoms with E-state index < -0.39 is 17.9 Å². The van der Waals surface area contributed by atoms with Gasteiger partial charge in [-0.3, -0.25) is 28.8 Å². The minimum atomic E-state index is -0.637. The predicted molar refractivity (Wildman–Crippen MR) is 405 cm³/mol. The molecule has 0 N–H and O–H groups in total. The zero-order valence-electron chi connectivity index (χ0n) is 59.8. The van der Waals surface area contributed by atoms with Crippen molar-refractivity contribution >= 4 is 96.7 Å². The fraction of sp³-hybridized carbons (Fsp3) is 0.296. The van der Waals surface area contributed by atoms with E-state index in [0.29, 0.717) is 125 Å². The molecule has 0 saturated carbocycles. The van der Waals surface area contributed by atoms with Crippen LogP contribution in [-0.4, -0.2) is 162 Å². The second-order valence-electron chi connectivity index (χ2n) is 25.8. The summed E-state index contributed by atoms with van der Waals surface area (Å²) >= 11 is 1.43. The monoisotopic (exact) mass is 1440 g/mol. The molecule has 542 valence electrons. The van der Waals surface area contributed by atoms with E-state index in [1.54, 1.807) is 71.0 Å². The summed E-state index contributed by atoms with van der Waals surface area (Å²) in [7, 11) is 1.66. The molecule has 11 aromatic rings. The first-order chi connectivity index (χ1) is 50.9. The number of aryl methyl sites for hydroxylation is 4. The molecule has 0 aliphatic carbocycles. The van der Waals surface area contributed by atoms with Crippen LogP contribution in [0.4, 0.5) is 17.1 Å². The summed E-state index contributed by atoms with van der Waals surface area (Å²) in [4.78, 5) is 131. The van der Waals surface area contributed by atoms with E-state index in [4.69, 9.17) is 23.0 Å². The van der Waals surface area contributed by atoms with Gasteiger partial charge < -0.3 is 66.1 Å². The van der Waals surface area contributed by atoms with Crippen molar-refractivity contribution in [3.63, 3.8) is 0 Å². The molecule has 3 aliphatic heterocycles. The standard InChI is InChI=1S/C29H29N3O5.C29H29N3O4S.C23H25N3O5/c2*1-3-36-29(35)25-26(30-13-15-31(16-14-30)27(33)24-10-7-17-37-24)22-18-20(2)11-12-23(22)32(28(25)34)19-21-8-5-4-6-9-21;1-4-30-23(29)19-20(16-14-15(2)7-8-17(16)24(3)22(19)28)25-9-11-26(12-10-25)21(27)18-6-5-13-31-18/h2*4-12,17-18H,3,13-16,19H2,1-2H3;5-8,13-14H,4,9-12H2,1-3H3. The SMILES string of the molecule is CCOC(=O)c1c(N2CCN(C(=O)c3ccco3)CC2)c2cc(C)ccc2n(C)c1=O.CCOC(=O)c1c(N2CCN(C(=O)c3ccco3)CC2)c2cc(C)ccc2n(Cc2ccccc2)c1=O.CCOC(=O)c1c(N2CCN(C(=O)c3cccs3)CC2)c2cc(C)ccc2n(Cc2ccccc2)c1=O. The van der Waals surface area contributed by atoms with Gasteiger partial charge in [0.1, 0.15) is 16.7 Å². The van der Waals surface area contributed by atoms with Crippen LogP contribution in [0.3, 0.4) is 0 Å². The highest BCUT2D eigenvalue weighted by Gasteiger charge is 2.35. The normalized spacial score (nSPS) is 13.8. The summed E-state index contributed by atoms with van der Waals surface area (Å²) in [5.74, 6) is -1.61. The lowest BCUT2D eigenvalue weighted by Gasteiger charge is -2.37. The molecule has 3 saturated heterocycles. The third-order valence-corrected chi connectivity index (χ3v) is 19.8. The Bertz CT molecular complexity index is 4950. The number of anilines is 3. The van der Waals surface area contributed by atoms with Crippen molar-refractivity contribution in [2.45, 2.75) is 54.6 Å². The van der Waals surface area contributed by atoms with Gasteiger partial charge in [0, 0.05) is 102 Å². The molecular weight excluding hydrogens is 1360 g/mol. The Kier molecular flexibility index (Phi) is 22.7. The number of amides is 3. The average molecular weight is 1440 g/mol. The van der Waals surface area contributed by atoms with Gasteiger partial charge in [-0.1, -0.05) is 102 Å². The fourth-order valence-electron chi connectivity index (χ4n) is 13.8. The van der Waals surface area contributed by atoms with Crippen LogP contribution < -0.4 is 31.4 Å². The van der Waals surface area contributed by atoms with Gasteiger partial charge in [-0.15, -0.1) is 11.3 Å². The third-order valence-electron chi connectivity index (χ3n) is 19.0. The summed E-state index contributed by atoms with van der Waals surface area (Å²) in [6.45, 7) is 18.0. The van der Waals surface area contributed by atoms with Gasteiger partial charge in [0.25, 0.3) is 34.4 Å². The Morgan fingerprint density at radius 1 is 0.400 bits per heavy atom. The molecule has 0 radical (unpaired) electrons. The Morgan fingerprint density at radius 2 is 0.752 bits per heavy atom. The predicted octanol–water partition coefficient (Wildman–Crippen LogP) is 11.2. The summed E-state index contributed by atoms with van der Waals surface area (Å²) < 4.78 is 31.3. The van der Waals surface area contributed by atoms with Gasteiger partial charge in [-0.05, 0) is 125 Å². The van der Waals surface area contributed by atoms with Crippen LogP contribution in [-0.2, 0) is 34.3 Å². The Labute approximate surface area is 610 Å². The number of furan rings is 2. The average Bonchev–Trinajstić information content (AvgIpc) is 1.26. The summed E-state index contributed by atoms with van der Waals surface area (Å²) in [5.41, 5.74) is 7.94. The quantitative estimate of drug-likeness (QED) is 0.0645. The number of esters is 3. The molecule has 3 fully saturated rings. The maximum Gasteiger partial charge on any atom is 0.345 e. The maximum absolute atomic E-state index is 14.0. The van der Waals surface area contributed by atoms with Crippen molar-refractivity contribution < 1.29 is 51.8 Å². The van der Waals surface area contributed by atoms with Gasteiger partial charge >= 0.3 is 17.9 Å². The number of benzene rings is 5. The van der Waals surface area contributed by atoms with Gasteiger partial charge in [-0.2, -0.15) is 0 Å². The van der Waals surface area contributed by atoms with Crippen molar-refractivity contribution in [1.29, 1.82) is 0 Å².